The molecule has 2 aromatic heterocycles. The monoisotopic (exact) mass is 496 g/mol. The maximum Gasteiger partial charge on any atom is 0.242 e. The number of aryl methyl sites for hydroxylation is 1. The average molecular weight is 497 g/mol. The Kier molecular flexibility index (Phi) is 7.65. The van der Waals surface area contributed by atoms with E-state index >= 15 is 0 Å². The minimum absolute atomic E-state index is 0.00158. The van der Waals surface area contributed by atoms with E-state index in [0.717, 1.165) is 18.2 Å². The third-order valence-corrected chi connectivity index (χ3v) is 6.73. The van der Waals surface area contributed by atoms with Gasteiger partial charge in [0, 0.05) is 42.6 Å². The van der Waals surface area contributed by atoms with Crippen LogP contribution in [-0.4, -0.2) is 31.5 Å². The van der Waals surface area contributed by atoms with Crippen LogP contribution < -0.4 is 5.43 Å². The molecule has 35 heavy (non-hydrogen) atoms. The number of nitrogens with zero attached hydrogens (tertiary/aromatic N) is 4. The lowest BCUT2D eigenvalue weighted by Gasteiger charge is -2.24. The van der Waals surface area contributed by atoms with Gasteiger partial charge < -0.3 is 14.0 Å². The largest absolute Gasteiger partial charge is 0.340 e. The first-order valence-electron chi connectivity index (χ1n) is 11.3. The molecule has 0 aliphatic rings. The van der Waals surface area contributed by atoms with Crippen molar-refractivity contribution in [3.8, 4) is 0 Å². The zero-order valence-electron chi connectivity index (χ0n) is 19.6. The standard InChI is InChI=1S/C26H26F2N4O2S/c1-3-11-31(14-19-13-30(2)17-29-19)24(34)15-32-22-10-5-4-8-20(22)23(33)12-25(32)35-16-18-7-6-9-21(27)26(18)28/h4-10,12-13,17H,3,11,14-16H2,1-2H3. The molecule has 0 N–H and O–H groups in total. The number of pyridine rings is 1. The van der Waals surface area contributed by atoms with Gasteiger partial charge in [-0.15, -0.1) is 11.8 Å². The predicted octanol–water partition coefficient (Wildman–Crippen LogP) is 4.74. The average Bonchev–Trinajstić information content (AvgIpc) is 3.26. The van der Waals surface area contributed by atoms with Gasteiger partial charge in [0.1, 0.15) is 6.54 Å². The number of benzene rings is 2. The fraction of sp³-hybridized carbons (Fsp3) is 0.269. The Bertz CT molecular complexity index is 1420. The van der Waals surface area contributed by atoms with E-state index in [-0.39, 0.29) is 29.2 Å². The van der Waals surface area contributed by atoms with Crippen LogP contribution in [0.1, 0.15) is 24.6 Å². The van der Waals surface area contributed by atoms with E-state index in [4.69, 9.17) is 0 Å². The smallest absolute Gasteiger partial charge is 0.242 e. The fourth-order valence-electron chi connectivity index (χ4n) is 3.94. The summed E-state index contributed by atoms with van der Waals surface area (Å²) >= 11 is 1.20. The first-order valence-corrected chi connectivity index (χ1v) is 12.3. The third kappa shape index (κ3) is 5.62. The van der Waals surface area contributed by atoms with Gasteiger partial charge >= 0.3 is 0 Å². The molecule has 0 saturated carbocycles. The first kappa shape index (κ1) is 24.7. The van der Waals surface area contributed by atoms with Crippen molar-refractivity contribution >= 4 is 28.6 Å². The predicted molar refractivity (Wildman–Crippen MR) is 133 cm³/mol. The van der Waals surface area contributed by atoms with E-state index in [1.165, 1.54) is 30.0 Å². The minimum Gasteiger partial charge on any atom is -0.340 e. The van der Waals surface area contributed by atoms with Gasteiger partial charge in [0.15, 0.2) is 17.1 Å². The molecule has 0 saturated heterocycles. The summed E-state index contributed by atoms with van der Waals surface area (Å²) < 4.78 is 31.5. The van der Waals surface area contributed by atoms with Crippen LogP contribution >= 0.6 is 11.8 Å². The number of imidazole rings is 1. The van der Waals surface area contributed by atoms with Crippen LogP contribution in [0.4, 0.5) is 8.78 Å². The van der Waals surface area contributed by atoms with E-state index in [9.17, 15) is 18.4 Å². The molecule has 4 aromatic rings. The fourth-order valence-corrected chi connectivity index (χ4v) is 4.97. The van der Waals surface area contributed by atoms with E-state index < -0.39 is 11.6 Å². The van der Waals surface area contributed by atoms with Crippen molar-refractivity contribution in [2.24, 2.45) is 7.05 Å². The van der Waals surface area contributed by atoms with Crippen LogP contribution in [-0.2, 0) is 30.7 Å². The number of hydrogen-bond acceptors (Lipinski definition) is 4. The van der Waals surface area contributed by atoms with Crippen molar-refractivity contribution in [2.45, 2.75) is 37.2 Å². The molecule has 0 aliphatic carbocycles. The maximum atomic E-state index is 14.2. The Labute approximate surface area is 206 Å². The zero-order chi connectivity index (χ0) is 24.9. The highest BCUT2D eigenvalue weighted by atomic mass is 32.2. The summed E-state index contributed by atoms with van der Waals surface area (Å²) in [5.41, 5.74) is 1.40. The molecule has 0 spiro atoms. The lowest BCUT2D eigenvalue weighted by atomic mass is 10.2. The Morgan fingerprint density at radius 3 is 2.69 bits per heavy atom. The summed E-state index contributed by atoms with van der Waals surface area (Å²) in [5.74, 6) is -1.83. The van der Waals surface area contributed by atoms with Crippen molar-refractivity contribution in [1.82, 2.24) is 19.0 Å². The molecule has 2 aromatic carbocycles. The molecule has 6 nitrogen and oxygen atoms in total. The van der Waals surface area contributed by atoms with Gasteiger partial charge in [0.2, 0.25) is 5.91 Å². The Morgan fingerprint density at radius 1 is 1.14 bits per heavy atom. The molecular formula is C26H26F2N4O2S. The number of hydrogen-bond donors (Lipinski definition) is 0. The van der Waals surface area contributed by atoms with Gasteiger partial charge in [0.25, 0.3) is 0 Å². The van der Waals surface area contributed by atoms with Gasteiger partial charge in [-0.05, 0) is 24.6 Å². The van der Waals surface area contributed by atoms with Crippen LogP contribution in [0.15, 0.2) is 70.9 Å². The van der Waals surface area contributed by atoms with Crippen LogP contribution in [0.25, 0.3) is 10.9 Å². The highest BCUT2D eigenvalue weighted by Gasteiger charge is 2.19. The van der Waals surface area contributed by atoms with Crippen molar-refractivity contribution in [3.05, 3.63) is 94.2 Å². The van der Waals surface area contributed by atoms with Crippen LogP contribution in [0.5, 0.6) is 0 Å². The van der Waals surface area contributed by atoms with Gasteiger partial charge in [-0.1, -0.05) is 31.2 Å². The van der Waals surface area contributed by atoms with Crippen molar-refractivity contribution in [2.75, 3.05) is 6.54 Å². The number of carbonyl (C=O) groups excluding carboxylic acids is 1. The van der Waals surface area contributed by atoms with Crippen molar-refractivity contribution < 1.29 is 13.6 Å². The number of aromatic nitrogens is 3. The molecule has 0 radical (unpaired) electrons. The summed E-state index contributed by atoms with van der Waals surface area (Å²) in [7, 11) is 1.87. The first-order chi connectivity index (χ1) is 16.9. The number of rotatable bonds is 9. The Morgan fingerprint density at radius 2 is 1.94 bits per heavy atom. The third-order valence-electron chi connectivity index (χ3n) is 5.64. The van der Waals surface area contributed by atoms with Crippen molar-refractivity contribution in [3.63, 3.8) is 0 Å². The van der Waals surface area contributed by atoms with Gasteiger partial charge in [-0.2, -0.15) is 0 Å². The summed E-state index contributed by atoms with van der Waals surface area (Å²) in [6.45, 7) is 2.94. The van der Waals surface area contributed by atoms with E-state index in [0.29, 0.717) is 29.0 Å². The number of carbonyl (C=O) groups is 1. The number of amides is 1. The number of fused-ring (bicyclic) bond motifs is 1. The van der Waals surface area contributed by atoms with Gasteiger partial charge in [-0.25, -0.2) is 13.8 Å². The summed E-state index contributed by atoms with van der Waals surface area (Å²) in [6.07, 6.45) is 4.35. The topological polar surface area (TPSA) is 60.1 Å². The lowest BCUT2D eigenvalue weighted by Crippen LogP contribution is -2.34. The molecule has 0 bridgehead atoms. The van der Waals surface area contributed by atoms with Crippen LogP contribution in [0.2, 0.25) is 0 Å². The molecular weight excluding hydrogens is 470 g/mol. The second kappa shape index (κ2) is 10.9. The molecule has 1 amide bonds. The highest BCUT2D eigenvalue weighted by molar-refractivity contribution is 7.98. The number of para-hydroxylation sites is 1. The minimum atomic E-state index is -0.918. The van der Waals surface area contributed by atoms with Crippen LogP contribution in [0.3, 0.4) is 0 Å². The van der Waals surface area contributed by atoms with Crippen molar-refractivity contribution in [1.29, 1.82) is 0 Å². The van der Waals surface area contributed by atoms with E-state index in [1.54, 1.807) is 40.1 Å². The second-order valence-corrected chi connectivity index (χ2v) is 9.29. The normalized spacial score (nSPS) is 11.2. The lowest BCUT2D eigenvalue weighted by molar-refractivity contribution is -0.132. The van der Waals surface area contributed by atoms with E-state index in [2.05, 4.69) is 4.98 Å². The number of thioether (sulfide) groups is 1. The maximum absolute atomic E-state index is 14.2. The molecule has 4 rings (SSSR count). The van der Waals surface area contributed by atoms with Gasteiger partial charge in [-0.3, -0.25) is 9.59 Å². The molecule has 182 valence electrons. The highest BCUT2D eigenvalue weighted by Crippen LogP contribution is 2.27. The van der Waals surface area contributed by atoms with E-state index in [1.807, 2.05) is 24.7 Å². The molecule has 0 aliphatic heterocycles. The van der Waals surface area contributed by atoms with Crippen LogP contribution in [0, 0.1) is 11.6 Å². The molecule has 0 atom stereocenters. The second-order valence-electron chi connectivity index (χ2n) is 8.30. The quantitative estimate of drug-likeness (QED) is 0.314. The molecule has 0 fully saturated rings. The Balaban J connectivity index is 1.67. The Hall–Kier alpha value is -3.46. The zero-order valence-corrected chi connectivity index (χ0v) is 20.4. The molecule has 9 heteroatoms. The summed E-state index contributed by atoms with van der Waals surface area (Å²) in [6, 6.07) is 12.6. The molecule has 2 heterocycles. The molecule has 0 unspecified atom stereocenters. The SMILES string of the molecule is CCCN(Cc1cn(C)cn1)C(=O)Cn1c(SCc2cccc(F)c2F)cc(=O)c2ccccc21. The number of halogens is 2. The summed E-state index contributed by atoms with van der Waals surface area (Å²) in [5, 5.41) is 1.01. The van der Waals surface area contributed by atoms with Gasteiger partial charge in [0.05, 0.1) is 29.1 Å². The summed E-state index contributed by atoms with van der Waals surface area (Å²) in [4.78, 5) is 32.3.